The summed E-state index contributed by atoms with van der Waals surface area (Å²) in [5.41, 5.74) is 0.918. The quantitative estimate of drug-likeness (QED) is 0.819. The van der Waals surface area contributed by atoms with Crippen molar-refractivity contribution in [3.05, 3.63) is 58.1 Å². The Morgan fingerprint density at radius 1 is 1.10 bits per heavy atom. The van der Waals surface area contributed by atoms with Crippen LogP contribution in [0.3, 0.4) is 0 Å². The van der Waals surface area contributed by atoms with Gasteiger partial charge in [-0.3, -0.25) is 0 Å². The molecule has 0 unspecified atom stereocenters. The number of nitriles is 1. The van der Waals surface area contributed by atoms with Crippen LogP contribution < -0.4 is 5.32 Å². The van der Waals surface area contributed by atoms with Gasteiger partial charge in [0.05, 0.1) is 27.5 Å². The molecule has 0 bridgehead atoms. The molecule has 1 N–H and O–H groups in total. The first-order valence-electron chi connectivity index (χ1n) is 5.96. The second-order valence-corrected chi connectivity index (χ2v) is 4.89. The molecule has 0 radical (unpaired) electrons. The molecule has 0 heterocycles. The van der Waals surface area contributed by atoms with Crippen LogP contribution >= 0.6 is 11.6 Å². The number of nitrogens with zero attached hydrogens (tertiary/aromatic N) is 1. The summed E-state index contributed by atoms with van der Waals surface area (Å²) in [6.45, 7) is 1.82. The van der Waals surface area contributed by atoms with Gasteiger partial charge < -0.3 is 5.32 Å². The summed E-state index contributed by atoms with van der Waals surface area (Å²) in [5.74, 6) is 0. The fourth-order valence-electron chi connectivity index (χ4n) is 1.80. The van der Waals surface area contributed by atoms with Crippen LogP contribution in [0.5, 0.6) is 0 Å². The second kappa shape index (κ2) is 5.66. The van der Waals surface area contributed by atoms with Gasteiger partial charge in [-0.1, -0.05) is 17.7 Å². The van der Waals surface area contributed by atoms with Crippen molar-refractivity contribution in [1.82, 2.24) is 0 Å². The van der Waals surface area contributed by atoms with Gasteiger partial charge in [0.25, 0.3) is 0 Å². The number of alkyl halides is 3. The van der Waals surface area contributed by atoms with E-state index in [1.54, 1.807) is 18.2 Å². The number of nitrogens with one attached hydrogen (secondary N) is 1. The summed E-state index contributed by atoms with van der Waals surface area (Å²) in [5, 5.41) is 12.0. The molecule has 2 aromatic carbocycles. The predicted octanol–water partition coefficient (Wildman–Crippen LogP) is 5.28. The van der Waals surface area contributed by atoms with E-state index >= 15 is 0 Å². The Bertz CT molecular complexity index is 718. The van der Waals surface area contributed by atoms with Crippen LogP contribution in [0, 0.1) is 18.3 Å². The zero-order valence-corrected chi connectivity index (χ0v) is 11.7. The monoisotopic (exact) mass is 310 g/mol. The smallest absolute Gasteiger partial charge is 0.353 e. The highest BCUT2D eigenvalue weighted by Gasteiger charge is 2.31. The van der Waals surface area contributed by atoms with Crippen molar-refractivity contribution in [2.24, 2.45) is 0 Å². The SMILES string of the molecule is Cc1ccc(C#N)c(Nc2cc(C(F)(F)F)ccc2Cl)c1. The van der Waals surface area contributed by atoms with E-state index in [9.17, 15) is 13.2 Å². The van der Waals surface area contributed by atoms with E-state index in [0.717, 1.165) is 17.7 Å². The first-order valence-corrected chi connectivity index (χ1v) is 6.33. The van der Waals surface area contributed by atoms with Crippen molar-refractivity contribution in [3.63, 3.8) is 0 Å². The lowest BCUT2D eigenvalue weighted by Crippen LogP contribution is -2.05. The van der Waals surface area contributed by atoms with E-state index in [2.05, 4.69) is 5.32 Å². The molecule has 0 aliphatic carbocycles. The van der Waals surface area contributed by atoms with Crippen molar-refractivity contribution >= 4 is 23.0 Å². The standard InChI is InChI=1S/C15H10ClF3N2/c1-9-2-3-10(8-20)13(6-9)21-14-7-11(15(17,18)19)4-5-12(14)16/h2-7,21H,1H3. The van der Waals surface area contributed by atoms with E-state index in [1.165, 1.54) is 6.07 Å². The summed E-state index contributed by atoms with van der Waals surface area (Å²) >= 11 is 5.92. The topological polar surface area (TPSA) is 35.8 Å². The highest BCUT2D eigenvalue weighted by molar-refractivity contribution is 6.33. The van der Waals surface area contributed by atoms with E-state index in [0.29, 0.717) is 11.3 Å². The molecular weight excluding hydrogens is 301 g/mol. The third-order valence-electron chi connectivity index (χ3n) is 2.86. The van der Waals surface area contributed by atoms with Crippen molar-refractivity contribution in [3.8, 4) is 6.07 Å². The van der Waals surface area contributed by atoms with Gasteiger partial charge in [0.2, 0.25) is 0 Å². The fraction of sp³-hybridized carbons (Fsp3) is 0.133. The van der Waals surface area contributed by atoms with Gasteiger partial charge in [0.1, 0.15) is 6.07 Å². The molecule has 0 aliphatic heterocycles. The summed E-state index contributed by atoms with van der Waals surface area (Å²) in [6.07, 6.45) is -4.45. The van der Waals surface area contributed by atoms with Gasteiger partial charge >= 0.3 is 6.18 Å². The zero-order valence-electron chi connectivity index (χ0n) is 10.9. The average Bonchev–Trinajstić information content (AvgIpc) is 2.40. The Hall–Kier alpha value is -2.19. The van der Waals surface area contributed by atoms with Crippen molar-refractivity contribution in [1.29, 1.82) is 5.26 Å². The first kappa shape index (κ1) is 15.2. The van der Waals surface area contributed by atoms with Crippen molar-refractivity contribution < 1.29 is 13.2 Å². The van der Waals surface area contributed by atoms with Gasteiger partial charge in [-0.2, -0.15) is 18.4 Å². The summed E-state index contributed by atoms with van der Waals surface area (Å²) in [6, 6.07) is 10.0. The maximum atomic E-state index is 12.7. The molecular formula is C15H10ClF3N2. The summed E-state index contributed by atoms with van der Waals surface area (Å²) < 4.78 is 38.2. The zero-order chi connectivity index (χ0) is 15.6. The van der Waals surface area contributed by atoms with Gasteiger partial charge in [0, 0.05) is 0 Å². The third kappa shape index (κ3) is 3.47. The van der Waals surface area contributed by atoms with Crippen LogP contribution in [0.25, 0.3) is 0 Å². The number of hydrogen-bond donors (Lipinski definition) is 1. The maximum absolute atomic E-state index is 12.7. The minimum Gasteiger partial charge on any atom is -0.353 e. The van der Waals surface area contributed by atoms with E-state index < -0.39 is 11.7 Å². The fourth-order valence-corrected chi connectivity index (χ4v) is 1.97. The number of benzene rings is 2. The molecule has 108 valence electrons. The van der Waals surface area contributed by atoms with E-state index in [1.807, 2.05) is 13.0 Å². The summed E-state index contributed by atoms with van der Waals surface area (Å²) in [4.78, 5) is 0. The third-order valence-corrected chi connectivity index (χ3v) is 3.19. The molecule has 21 heavy (non-hydrogen) atoms. The molecule has 2 aromatic rings. The molecule has 2 nitrogen and oxygen atoms in total. The van der Waals surface area contributed by atoms with Crippen LogP contribution in [0.4, 0.5) is 24.5 Å². The van der Waals surface area contributed by atoms with E-state index in [-0.39, 0.29) is 10.7 Å². The van der Waals surface area contributed by atoms with Crippen LogP contribution in [0.1, 0.15) is 16.7 Å². The molecule has 0 aliphatic rings. The maximum Gasteiger partial charge on any atom is 0.416 e. The Labute approximate surface area is 124 Å². The highest BCUT2D eigenvalue weighted by Crippen LogP contribution is 2.35. The van der Waals surface area contributed by atoms with Crippen LogP contribution in [0.15, 0.2) is 36.4 Å². The largest absolute Gasteiger partial charge is 0.416 e. The van der Waals surface area contributed by atoms with Crippen LogP contribution in [0.2, 0.25) is 5.02 Å². The first-order chi connectivity index (χ1) is 9.81. The molecule has 0 saturated carbocycles. The molecule has 0 saturated heterocycles. The summed E-state index contributed by atoms with van der Waals surface area (Å²) in [7, 11) is 0. The molecule has 0 aromatic heterocycles. The normalized spacial score (nSPS) is 11.0. The lowest BCUT2D eigenvalue weighted by molar-refractivity contribution is -0.137. The van der Waals surface area contributed by atoms with Gasteiger partial charge in [0.15, 0.2) is 0 Å². The second-order valence-electron chi connectivity index (χ2n) is 4.48. The number of anilines is 2. The average molecular weight is 311 g/mol. The van der Waals surface area contributed by atoms with E-state index in [4.69, 9.17) is 16.9 Å². The Morgan fingerprint density at radius 3 is 2.43 bits per heavy atom. The Morgan fingerprint density at radius 2 is 1.81 bits per heavy atom. The van der Waals surface area contributed by atoms with Gasteiger partial charge in [-0.05, 0) is 42.8 Å². The van der Waals surface area contributed by atoms with Crippen molar-refractivity contribution in [2.45, 2.75) is 13.1 Å². The van der Waals surface area contributed by atoms with Crippen LogP contribution in [-0.2, 0) is 6.18 Å². The Balaban J connectivity index is 2.45. The highest BCUT2D eigenvalue weighted by atomic mass is 35.5. The minimum absolute atomic E-state index is 0.105. The van der Waals surface area contributed by atoms with Crippen molar-refractivity contribution in [2.75, 3.05) is 5.32 Å². The molecule has 0 fully saturated rings. The number of rotatable bonds is 2. The molecule has 0 amide bonds. The lowest BCUT2D eigenvalue weighted by Gasteiger charge is -2.13. The molecule has 2 rings (SSSR count). The molecule has 0 spiro atoms. The molecule has 6 heteroatoms. The number of halogens is 4. The number of aryl methyl sites for hydroxylation is 1. The predicted molar refractivity (Wildman–Crippen MR) is 75.6 cm³/mol. The number of hydrogen-bond acceptors (Lipinski definition) is 2. The Kier molecular flexibility index (Phi) is 4.10. The lowest BCUT2D eigenvalue weighted by atomic mass is 10.1. The van der Waals surface area contributed by atoms with Crippen LogP contribution in [-0.4, -0.2) is 0 Å². The van der Waals surface area contributed by atoms with Gasteiger partial charge in [-0.15, -0.1) is 0 Å². The minimum atomic E-state index is -4.45. The van der Waals surface area contributed by atoms with Gasteiger partial charge in [-0.25, -0.2) is 0 Å². The molecule has 0 atom stereocenters.